The van der Waals surface area contributed by atoms with E-state index in [0.717, 1.165) is 23.3 Å². The van der Waals surface area contributed by atoms with Crippen LogP contribution in [0.15, 0.2) is 48.5 Å². The van der Waals surface area contributed by atoms with Gasteiger partial charge in [0.05, 0.1) is 22.6 Å². The number of ether oxygens (including phenoxy) is 1. The van der Waals surface area contributed by atoms with E-state index in [1.54, 1.807) is 12.1 Å². The molecule has 5 heteroatoms. The second-order valence-corrected chi connectivity index (χ2v) is 5.78. The fourth-order valence-electron chi connectivity index (χ4n) is 2.61. The molecule has 0 fully saturated rings. The predicted molar refractivity (Wildman–Crippen MR) is 92.1 cm³/mol. The summed E-state index contributed by atoms with van der Waals surface area (Å²) in [5.41, 5.74) is 1.98. The van der Waals surface area contributed by atoms with E-state index in [2.05, 4.69) is 16.5 Å². The molecular weight excluding hydrogens is 312 g/mol. The first-order valence-corrected chi connectivity index (χ1v) is 8.06. The van der Waals surface area contributed by atoms with Crippen molar-refractivity contribution in [2.75, 3.05) is 6.61 Å². The van der Waals surface area contributed by atoms with Crippen LogP contribution in [-0.2, 0) is 13.0 Å². The van der Waals surface area contributed by atoms with Crippen LogP contribution in [0.4, 0.5) is 0 Å². The predicted octanol–water partition coefficient (Wildman–Crippen LogP) is 3.69. The van der Waals surface area contributed by atoms with Crippen molar-refractivity contribution in [1.29, 1.82) is 0 Å². The number of rotatable bonds is 6. The molecule has 0 saturated carbocycles. The molecule has 0 amide bonds. The van der Waals surface area contributed by atoms with Crippen LogP contribution in [0.2, 0.25) is 5.02 Å². The highest BCUT2D eigenvalue weighted by Gasteiger charge is 2.14. The second kappa shape index (κ2) is 7.02. The van der Waals surface area contributed by atoms with E-state index < -0.39 is 6.10 Å². The zero-order valence-electron chi connectivity index (χ0n) is 12.9. The molecule has 2 aromatic carbocycles. The first-order valence-electron chi connectivity index (χ1n) is 7.68. The molecule has 4 nitrogen and oxygen atoms in total. The fraction of sp³-hybridized carbons (Fsp3) is 0.278. The third kappa shape index (κ3) is 3.49. The highest BCUT2D eigenvalue weighted by molar-refractivity contribution is 6.32. The average Bonchev–Trinajstić information content (AvgIpc) is 2.92. The van der Waals surface area contributed by atoms with E-state index in [0.29, 0.717) is 17.3 Å². The van der Waals surface area contributed by atoms with E-state index in [9.17, 15) is 5.11 Å². The van der Waals surface area contributed by atoms with Crippen molar-refractivity contribution < 1.29 is 9.84 Å². The van der Waals surface area contributed by atoms with Gasteiger partial charge in [0.1, 0.15) is 24.3 Å². The molecule has 1 atom stereocenters. The van der Waals surface area contributed by atoms with Crippen molar-refractivity contribution in [2.24, 2.45) is 0 Å². The first-order chi connectivity index (χ1) is 11.2. The Balaban J connectivity index is 1.73. The standard InChI is InChI=1S/C18H19ClN2O2/c1-2-18-20-15-8-4-5-9-16(15)21(18)11-13(22)12-23-17-10-6-3-7-14(17)19/h3-10,13,22H,2,11-12H2,1H3/t13-/m1/s1. The molecule has 23 heavy (non-hydrogen) atoms. The summed E-state index contributed by atoms with van der Waals surface area (Å²) in [5.74, 6) is 1.54. The third-order valence-corrected chi connectivity index (χ3v) is 4.02. The van der Waals surface area contributed by atoms with Crippen molar-refractivity contribution in [3.8, 4) is 5.75 Å². The third-order valence-electron chi connectivity index (χ3n) is 3.71. The van der Waals surface area contributed by atoms with Crippen molar-refractivity contribution >= 4 is 22.6 Å². The molecular formula is C18H19ClN2O2. The molecule has 0 radical (unpaired) electrons. The number of hydrogen-bond donors (Lipinski definition) is 1. The minimum Gasteiger partial charge on any atom is -0.489 e. The summed E-state index contributed by atoms with van der Waals surface area (Å²) in [5, 5.41) is 10.9. The van der Waals surface area contributed by atoms with Gasteiger partial charge in [-0.05, 0) is 24.3 Å². The molecule has 0 bridgehead atoms. The van der Waals surface area contributed by atoms with Crippen LogP contribution in [0, 0.1) is 0 Å². The molecule has 0 aliphatic heterocycles. The number of halogens is 1. The van der Waals surface area contributed by atoms with Gasteiger partial charge < -0.3 is 14.4 Å². The van der Waals surface area contributed by atoms with Crippen LogP contribution in [0.25, 0.3) is 11.0 Å². The lowest BCUT2D eigenvalue weighted by Gasteiger charge is -2.15. The van der Waals surface area contributed by atoms with Crippen molar-refractivity contribution in [3.63, 3.8) is 0 Å². The molecule has 0 aliphatic carbocycles. The van der Waals surface area contributed by atoms with Crippen LogP contribution < -0.4 is 4.74 Å². The number of aryl methyl sites for hydroxylation is 1. The molecule has 1 heterocycles. The minimum absolute atomic E-state index is 0.180. The Hall–Kier alpha value is -2.04. The fourth-order valence-corrected chi connectivity index (χ4v) is 2.80. The zero-order valence-corrected chi connectivity index (χ0v) is 13.7. The van der Waals surface area contributed by atoms with Crippen molar-refractivity contribution in [3.05, 3.63) is 59.4 Å². The van der Waals surface area contributed by atoms with Gasteiger partial charge in [0.2, 0.25) is 0 Å². The molecule has 3 aromatic rings. The molecule has 0 saturated heterocycles. The number of aliphatic hydroxyl groups is 1. The lowest BCUT2D eigenvalue weighted by atomic mass is 10.3. The highest BCUT2D eigenvalue weighted by atomic mass is 35.5. The summed E-state index contributed by atoms with van der Waals surface area (Å²) in [4.78, 5) is 4.61. The SMILES string of the molecule is CCc1nc2ccccc2n1C[C@@H](O)COc1ccccc1Cl. The van der Waals surface area contributed by atoms with Crippen molar-refractivity contribution in [1.82, 2.24) is 9.55 Å². The summed E-state index contributed by atoms with van der Waals surface area (Å²) in [6.45, 7) is 2.68. The maximum Gasteiger partial charge on any atom is 0.138 e. The normalized spacial score (nSPS) is 12.5. The van der Waals surface area contributed by atoms with E-state index in [4.69, 9.17) is 16.3 Å². The summed E-state index contributed by atoms with van der Waals surface area (Å²) >= 11 is 6.05. The smallest absolute Gasteiger partial charge is 0.138 e. The number of hydrogen-bond acceptors (Lipinski definition) is 3. The van der Waals surface area contributed by atoms with Crippen LogP contribution in [0.3, 0.4) is 0 Å². The highest BCUT2D eigenvalue weighted by Crippen LogP contribution is 2.23. The summed E-state index contributed by atoms with van der Waals surface area (Å²) in [7, 11) is 0. The monoisotopic (exact) mass is 330 g/mol. The Bertz CT molecular complexity index is 801. The first kappa shape index (κ1) is 15.8. The molecule has 1 N–H and O–H groups in total. The van der Waals surface area contributed by atoms with Gasteiger partial charge in [-0.15, -0.1) is 0 Å². The topological polar surface area (TPSA) is 47.3 Å². The van der Waals surface area contributed by atoms with Crippen molar-refractivity contribution in [2.45, 2.75) is 26.0 Å². The largest absolute Gasteiger partial charge is 0.489 e. The minimum atomic E-state index is -0.644. The summed E-state index contributed by atoms with van der Waals surface area (Å²) in [6, 6.07) is 15.2. The van der Waals surface area contributed by atoms with Crippen LogP contribution in [0.1, 0.15) is 12.7 Å². The van der Waals surface area contributed by atoms with Crippen LogP contribution >= 0.6 is 11.6 Å². The van der Waals surface area contributed by atoms with Crippen LogP contribution in [-0.4, -0.2) is 27.4 Å². The summed E-state index contributed by atoms with van der Waals surface area (Å²) < 4.78 is 7.67. The lowest BCUT2D eigenvalue weighted by Crippen LogP contribution is -2.24. The van der Waals surface area contributed by atoms with E-state index >= 15 is 0 Å². The number of aliphatic hydroxyl groups excluding tert-OH is 1. The Kier molecular flexibility index (Phi) is 4.84. The summed E-state index contributed by atoms with van der Waals surface area (Å²) in [6.07, 6.45) is 0.168. The van der Waals surface area contributed by atoms with E-state index in [-0.39, 0.29) is 6.61 Å². The van der Waals surface area contributed by atoms with Gasteiger partial charge in [0.25, 0.3) is 0 Å². The van der Waals surface area contributed by atoms with Crippen LogP contribution in [0.5, 0.6) is 5.75 Å². The maximum absolute atomic E-state index is 10.3. The van der Waals surface area contributed by atoms with Gasteiger partial charge in [0.15, 0.2) is 0 Å². The van der Waals surface area contributed by atoms with Gasteiger partial charge in [-0.1, -0.05) is 42.8 Å². The van der Waals surface area contributed by atoms with Gasteiger partial charge in [-0.2, -0.15) is 0 Å². The Morgan fingerprint density at radius 1 is 1.17 bits per heavy atom. The average molecular weight is 331 g/mol. The molecule has 3 rings (SSSR count). The second-order valence-electron chi connectivity index (χ2n) is 5.38. The van der Waals surface area contributed by atoms with Gasteiger partial charge in [-0.3, -0.25) is 0 Å². The number of fused-ring (bicyclic) bond motifs is 1. The maximum atomic E-state index is 10.3. The molecule has 1 aromatic heterocycles. The number of benzene rings is 2. The zero-order chi connectivity index (χ0) is 16.2. The number of para-hydroxylation sites is 3. The number of imidazole rings is 1. The molecule has 120 valence electrons. The molecule has 0 spiro atoms. The molecule has 0 unspecified atom stereocenters. The number of nitrogens with zero attached hydrogens (tertiary/aromatic N) is 2. The van der Waals surface area contributed by atoms with E-state index in [1.807, 2.05) is 36.4 Å². The Morgan fingerprint density at radius 3 is 2.70 bits per heavy atom. The van der Waals surface area contributed by atoms with Gasteiger partial charge in [0, 0.05) is 6.42 Å². The van der Waals surface area contributed by atoms with Gasteiger partial charge in [-0.25, -0.2) is 4.98 Å². The lowest BCUT2D eigenvalue weighted by molar-refractivity contribution is 0.0928. The van der Waals surface area contributed by atoms with E-state index in [1.165, 1.54) is 0 Å². The Labute approximate surface area is 140 Å². The van der Waals surface area contributed by atoms with Gasteiger partial charge >= 0.3 is 0 Å². The quantitative estimate of drug-likeness (QED) is 0.749. The number of aromatic nitrogens is 2. The Morgan fingerprint density at radius 2 is 1.91 bits per heavy atom. The molecule has 0 aliphatic rings.